The zero-order chi connectivity index (χ0) is 15.3. The maximum atomic E-state index is 12.6. The second-order valence-electron chi connectivity index (χ2n) is 5.94. The maximum absolute atomic E-state index is 12.6. The van der Waals surface area contributed by atoms with Crippen LogP contribution in [0.3, 0.4) is 0 Å². The Hall–Kier alpha value is -1.35. The van der Waals surface area contributed by atoms with E-state index in [9.17, 15) is 8.42 Å². The van der Waals surface area contributed by atoms with E-state index in [1.165, 1.54) is 11.1 Å². The molecule has 0 heterocycles. The maximum Gasteiger partial charge on any atom is 0.181 e. The highest BCUT2D eigenvalue weighted by atomic mass is 32.2. The molecular weight excluding hydrogens is 280 g/mol. The standard InChI is InChI=1S/C18H24O2S/c1-15(2)7-6-8-16-11-13-18(14-12-16)21(19,20)17-9-4-3-5-10-17/h3-5,7,9-11,18H,6,8,12-14H2,1-2H3/t18-/m0/s1. The summed E-state index contributed by atoms with van der Waals surface area (Å²) in [5, 5.41) is -0.257. The van der Waals surface area contributed by atoms with Gasteiger partial charge in [-0.1, -0.05) is 41.5 Å². The Kier molecular flexibility index (Phi) is 5.40. The molecule has 0 aliphatic heterocycles. The summed E-state index contributed by atoms with van der Waals surface area (Å²) < 4.78 is 25.1. The van der Waals surface area contributed by atoms with Crippen molar-refractivity contribution < 1.29 is 8.42 Å². The molecule has 0 unspecified atom stereocenters. The van der Waals surface area contributed by atoms with Gasteiger partial charge in [-0.05, 0) is 58.1 Å². The van der Waals surface area contributed by atoms with Gasteiger partial charge in [-0.2, -0.15) is 0 Å². The van der Waals surface area contributed by atoms with Crippen molar-refractivity contribution >= 4 is 9.84 Å². The molecule has 0 amide bonds. The van der Waals surface area contributed by atoms with Crippen molar-refractivity contribution in [1.29, 1.82) is 0 Å². The Labute approximate surface area is 128 Å². The summed E-state index contributed by atoms with van der Waals surface area (Å²) in [6.45, 7) is 4.22. The minimum Gasteiger partial charge on any atom is -0.223 e. The smallest absolute Gasteiger partial charge is 0.181 e. The van der Waals surface area contributed by atoms with Crippen LogP contribution >= 0.6 is 0 Å². The lowest BCUT2D eigenvalue weighted by molar-refractivity contribution is 0.562. The SMILES string of the molecule is CC(C)=CCCC1=CC[C@H](S(=O)(=O)c2ccccc2)CC1. The second kappa shape index (κ2) is 7.08. The van der Waals surface area contributed by atoms with Gasteiger partial charge in [0.1, 0.15) is 0 Å². The molecule has 1 aliphatic rings. The van der Waals surface area contributed by atoms with E-state index in [2.05, 4.69) is 26.0 Å². The van der Waals surface area contributed by atoms with Gasteiger partial charge in [-0.25, -0.2) is 8.42 Å². The lowest BCUT2D eigenvalue weighted by Crippen LogP contribution is -2.23. The third kappa shape index (κ3) is 4.31. The molecule has 0 saturated carbocycles. The first-order valence-electron chi connectivity index (χ1n) is 7.60. The van der Waals surface area contributed by atoms with Crippen LogP contribution in [-0.4, -0.2) is 13.7 Å². The summed E-state index contributed by atoms with van der Waals surface area (Å²) in [6.07, 6.45) is 8.82. The highest BCUT2D eigenvalue weighted by Crippen LogP contribution is 2.29. The molecule has 114 valence electrons. The van der Waals surface area contributed by atoms with Gasteiger partial charge >= 0.3 is 0 Å². The van der Waals surface area contributed by atoms with Crippen molar-refractivity contribution in [2.45, 2.75) is 56.1 Å². The van der Waals surface area contributed by atoms with Crippen LogP contribution in [0, 0.1) is 0 Å². The summed E-state index contributed by atoms with van der Waals surface area (Å²) in [6, 6.07) is 8.82. The van der Waals surface area contributed by atoms with Gasteiger partial charge in [0.05, 0.1) is 10.1 Å². The van der Waals surface area contributed by atoms with Crippen LogP contribution in [0.1, 0.15) is 46.0 Å². The molecule has 0 fully saturated rings. The lowest BCUT2D eigenvalue weighted by Gasteiger charge is -2.22. The van der Waals surface area contributed by atoms with Crippen molar-refractivity contribution in [2.75, 3.05) is 0 Å². The molecule has 1 aliphatic carbocycles. The van der Waals surface area contributed by atoms with Crippen molar-refractivity contribution in [3.05, 3.63) is 53.6 Å². The molecule has 0 radical (unpaired) electrons. The molecule has 1 atom stereocenters. The summed E-state index contributed by atoms with van der Waals surface area (Å²) >= 11 is 0. The first-order chi connectivity index (χ1) is 10.00. The monoisotopic (exact) mass is 304 g/mol. The van der Waals surface area contributed by atoms with Gasteiger partial charge in [0.2, 0.25) is 0 Å². The summed E-state index contributed by atoms with van der Waals surface area (Å²) in [5.41, 5.74) is 2.75. The van der Waals surface area contributed by atoms with E-state index in [4.69, 9.17) is 0 Å². The average molecular weight is 304 g/mol. The normalized spacial score (nSPS) is 19.0. The van der Waals surface area contributed by atoms with Crippen LogP contribution in [0.4, 0.5) is 0 Å². The molecule has 21 heavy (non-hydrogen) atoms. The third-order valence-corrected chi connectivity index (χ3v) is 6.22. The topological polar surface area (TPSA) is 34.1 Å². The van der Waals surface area contributed by atoms with Gasteiger partial charge in [-0.3, -0.25) is 0 Å². The van der Waals surface area contributed by atoms with E-state index in [0.717, 1.165) is 25.7 Å². The van der Waals surface area contributed by atoms with Crippen molar-refractivity contribution in [2.24, 2.45) is 0 Å². The first kappa shape index (κ1) is 16.0. The summed E-state index contributed by atoms with van der Waals surface area (Å²) in [4.78, 5) is 0.455. The number of hydrogen-bond acceptors (Lipinski definition) is 2. The minimum atomic E-state index is -3.18. The zero-order valence-electron chi connectivity index (χ0n) is 12.9. The van der Waals surface area contributed by atoms with Crippen molar-refractivity contribution in [3.8, 4) is 0 Å². The number of benzene rings is 1. The third-order valence-electron chi connectivity index (χ3n) is 3.99. The van der Waals surface area contributed by atoms with Gasteiger partial charge in [-0.15, -0.1) is 0 Å². The fourth-order valence-corrected chi connectivity index (χ4v) is 4.42. The van der Waals surface area contributed by atoms with E-state index < -0.39 is 9.84 Å². The first-order valence-corrected chi connectivity index (χ1v) is 9.15. The van der Waals surface area contributed by atoms with Crippen molar-refractivity contribution in [3.63, 3.8) is 0 Å². The molecule has 0 N–H and O–H groups in total. The average Bonchev–Trinajstić information content (AvgIpc) is 2.48. The zero-order valence-corrected chi connectivity index (χ0v) is 13.7. The van der Waals surface area contributed by atoms with Crippen LogP contribution in [0.25, 0.3) is 0 Å². The Balaban J connectivity index is 2.00. The molecule has 0 bridgehead atoms. The van der Waals surface area contributed by atoms with Gasteiger partial charge < -0.3 is 0 Å². The number of sulfone groups is 1. The summed E-state index contributed by atoms with van der Waals surface area (Å²) in [7, 11) is -3.18. The van der Waals surface area contributed by atoms with Crippen LogP contribution in [0.15, 0.2) is 58.5 Å². The summed E-state index contributed by atoms with van der Waals surface area (Å²) in [5.74, 6) is 0. The number of hydrogen-bond donors (Lipinski definition) is 0. The van der Waals surface area contributed by atoms with E-state index in [1.54, 1.807) is 24.3 Å². The predicted molar refractivity (Wildman–Crippen MR) is 88.0 cm³/mol. The molecule has 2 nitrogen and oxygen atoms in total. The quantitative estimate of drug-likeness (QED) is 0.740. The molecule has 3 heteroatoms. The number of allylic oxidation sites excluding steroid dienone is 4. The van der Waals surface area contributed by atoms with E-state index in [-0.39, 0.29) is 5.25 Å². The molecule has 0 spiro atoms. The second-order valence-corrected chi connectivity index (χ2v) is 8.17. The minimum absolute atomic E-state index is 0.257. The fraction of sp³-hybridized carbons (Fsp3) is 0.444. The molecule has 1 aromatic rings. The van der Waals surface area contributed by atoms with Crippen LogP contribution in [0.2, 0.25) is 0 Å². The Morgan fingerprint density at radius 2 is 1.95 bits per heavy atom. The molecule has 1 aromatic carbocycles. The van der Waals surface area contributed by atoms with Gasteiger partial charge in [0.15, 0.2) is 9.84 Å². The molecule has 2 rings (SSSR count). The van der Waals surface area contributed by atoms with Crippen LogP contribution in [-0.2, 0) is 9.84 Å². The fourth-order valence-electron chi connectivity index (χ4n) is 2.72. The largest absolute Gasteiger partial charge is 0.223 e. The Morgan fingerprint density at radius 3 is 2.52 bits per heavy atom. The van der Waals surface area contributed by atoms with Gasteiger partial charge in [0.25, 0.3) is 0 Å². The van der Waals surface area contributed by atoms with Crippen molar-refractivity contribution in [1.82, 2.24) is 0 Å². The predicted octanol–water partition coefficient (Wildman–Crippen LogP) is 4.69. The Bertz CT molecular complexity index is 620. The van der Waals surface area contributed by atoms with E-state index >= 15 is 0 Å². The molecular formula is C18H24O2S. The van der Waals surface area contributed by atoms with Crippen LogP contribution < -0.4 is 0 Å². The molecule has 0 saturated heterocycles. The van der Waals surface area contributed by atoms with E-state index in [0.29, 0.717) is 11.3 Å². The lowest BCUT2D eigenvalue weighted by atomic mass is 9.95. The van der Waals surface area contributed by atoms with Crippen LogP contribution in [0.5, 0.6) is 0 Å². The highest BCUT2D eigenvalue weighted by Gasteiger charge is 2.28. The Morgan fingerprint density at radius 1 is 1.24 bits per heavy atom. The highest BCUT2D eigenvalue weighted by molar-refractivity contribution is 7.92. The number of rotatable bonds is 5. The van der Waals surface area contributed by atoms with Gasteiger partial charge in [0, 0.05) is 0 Å². The van der Waals surface area contributed by atoms with E-state index in [1.807, 2.05) is 6.07 Å². The molecule has 0 aromatic heterocycles.